The Labute approximate surface area is 162 Å². The van der Waals surface area contributed by atoms with Gasteiger partial charge in [0.15, 0.2) is 0 Å². The fourth-order valence-corrected chi connectivity index (χ4v) is 4.16. The molecule has 0 bridgehead atoms. The predicted octanol–water partition coefficient (Wildman–Crippen LogP) is 1.81. The lowest BCUT2D eigenvalue weighted by Crippen LogP contribution is -2.62. The van der Waals surface area contributed by atoms with Crippen molar-refractivity contribution in [1.82, 2.24) is 20.3 Å². The summed E-state index contributed by atoms with van der Waals surface area (Å²) in [5, 5.41) is 7.37. The predicted molar refractivity (Wildman–Crippen MR) is 104 cm³/mol. The first kappa shape index (κ1) is 20.3. The molecular weight excluding hydrogens is 344 g/mol. The number of carbonyl (C=O) groups excluding carboxylic acids is 1. The van der Waals surface area contributed by atoms with Crippen molar-refractivity contribution in [2.24, 2.45) is 0 Å². The van der Waals surface area contributed by atoms with E-state index in [9.17, 15) is 4.79 Å². The summed E-state index contributed by atoms with van der Waals surface area (Å²) in [5.74, 6) is 0.506. The zero-order valence-electron chi connectivity index (χ0n) is 17.4. The minimum Gasteiger partial charge on any atom is -0.379 e. The minimum atomic E-state index is -0.236. The Kier molecular flexibility index (Phi) is 5.93. The first-order valence-electron chi connectivity index (χ1n) is 9.99. The van der Waals surface area contributed by atoms with Crippen molar-refractivity contribution >= 4 is 5.91 Å². The molecule has 0 radical (unpaired) electrons. The average molecular weight is 379 g/mol. The zero-order valence-corrected chi connectivity index (χ0v) is 17.4. The number of nitrogens with one attached hydrogen (secondary N) is 1. The average Bonchev–Trinajstić information content (AvgIpc) is 3.04. The van der Waals surface area contributed by atoms with Crippen LogP contribution in [0.4, 0.5) is 0 Å². The van der Waals surface area contributed by atoms with E-state index in [-0.39, 0.29) is 16.9 Å². The van der Waals surface area contributed by atoms with Crippen LogP contribution in [0.2, 0.25) is 0 Å². The fraction of sp³-hybridized carbons (Fsp3) is 0.800. The summed E-state index contributed by atoms with van der Waals surface area (Å²) in [4.78, 5) is 17.9. The molecule has 27 heavy (non-hydrogen) atoms. The number of hydrogen-bond acceptors (Lipinski definition) is 6. The molecule has 1 aromatic rings. The Morgan fingerprint density at radius 1 is 1.19 bits per heavy atom. The molecule has 0 atom stereocenters. The van der Waals surface area contributed by atoms with Crippen molar-refractivity contribution < 1.29 is 14.1 Å². The Morgan fingerprint density at radius 2 is 1.81 bits per heavy atom. The molecule has 2 fully saturated rings. The van der Waals surface area contributed by atoms with Crippen LogP contribution < -0.4 is 5.32 Å². The number of nitrogens with zero attached hydrogens (tertiary/aromatic N) is 3. The number of aryl methyl sites for hydroxylation is 1. The molecule has 7 heteroatoms. The molecule has 1 N–H and O–H groups in total. The molecule has 7 nitrogen and oxygen atoms in total. The van der Waals surface area contributed by atoms with Crippen LogP contribution in [-0.4, -0.2) is 79.4 Å². The molecule has 3 heterocycles. The SMILES string of the molecule is Cc1onc(C(C)(C)C)c1C(=O)NCC1(N2CCOCC2)CCN(C)CC1. The molecule has 0 unspecified atom stereocenters. The van der Waals surface area contributed by atoms with Gasteiger partial charge in [0.05, 0.1) is 13.2 Å². The molecule has 2 aliphatic heterocycles. The number of amides is 1. The van der Waals surface area contributed by atoms with Gasteiger partial charge in [0.1, 0.15) is 17.0 Å². The lowest BCUT2D eigenvalue weighted by atomic mass is 9.84. The van der Waals surface area contributed by atoms with Crippen molar-refractivity contribution in [1.29, 1.82) is 0 Å². The summed E-state index contributed by atoms with van der Waals surface area (Å²) in [6.07, 6.45) is 2.11. The highest BCUT2D eigenvalue weighted by Crippen LogP contribution is 2.30. The minimum absolute atomic E-state index is 0.00108. The third-order valence-electron chi connectivity index (χ3n) is 5.98. The maximum Gasteiger partial charge on any atom is 0.256 e. The van der Waals surface area contributed by atoms with E-state index in [1.54, 1.807) is 0 Å². The fourth-order valence-electron chi connectivity index (χ4n) is 4.16. The van der Waals surface area contributed by atoms with E-state index in [4.69, 9.17) is 9.26 Å². The van der Waals surface area contributed by atoms with Gasteiger partial charge in [-0.2, -0.15) is 0 Å². The van der Waals surface area contributed by atoms with Crippen LogP contribution in [0.15, 0.2) is 4.52 Å². The number of rotatable bonds is 4. The van der Waals surface area contributed by atoms with E-state index in [2.05, 4.69) is 27.3 Å². The second kappa shape index (κ2) is 7.89. The quantitative estimate of drug-likeness (QED) is 0.862. The third kappa shape index (κ3) is 4.36. The van der Waals surface area contributed by atoms with Gasteiger partial charge in [-0.1, -0.05) is 25.9 Å². The van der Waals surface area contributed by atoms with Crippen molar-refractivity contribution in [3.8, 4) is 0 Å². The Hall–Kier alpha value is -1.44. The summed E-state index contributed by atoms with van der Waals surface area (Å²) >= 11 is 0. The van der Waals surface area contributed by atoms with Gasteiger partial charge in [0.25, 0.3) is 5.91 Å². The molecule has 2 aliphatic rings. The smallest absolute Gasteiger partial charge is 0.256 e. The topological polar surface area (TPSA) is 70.8 Å². The van der Waals surface area contributed by atoms with Gasteiger partial charge in [-0.15, -0.1) is 0 Å². The van der Waals surface area contributed by atoms with Crippen LogP contribution in [0.5, 0.6) is 0 Å². The van der Waals surface area contributed by atoms with E-state index in [1.165, 1.54) is 0 Å². The molecule has 0 saturated carbocycles. The molecule has 152 valence electrons. The van der Waals surface area contributed by atoms with Crippen LogP contribution in [0.3, 0.4) is 0 Å². The maximum atomic E-state index is 13.1. The van der Waals surface area contributed by atoms with Crippen LogP contribution >= 0.6 is 0 Å². The van der Waals surface area contributed by atoms with Crippen LogP contribution in [-0.2, 0) is 10.2 Å². The van der Waals surface area contributed by atoms with E-state index in [0.29, 0.717) is 17.9 Å². The van der Waals surface area contributed by atoms with Gasteiger partial charge < -0.3 is 19.5 Å². The Balaban J connectivity index is 1.76. The standard InChI is InChI=1S/C20H34N4O3/c1-15-16(17(22-27-15)19(2,3)4)18(25)21-14-20(6-8-23(5)9-7-20)24-10-12-26-13-11-24/h6-14H2,1-5H3,(H,21,25). The van der Waals surface area contributed by atoms with Crippen molar-refractivity contribution in [3.05, 3.63) is 17.0 Å². The number of carbonyl (C=O) groups is 1. The van der Waals surface area contributed by atoms with Crippen LogP contribution in [0.25, 0.3) is 0 Å². The monoisotopic (exact) mass is 378 g/mol. The van der Waals surface area contributed by atoms with Crippen LogP contribution in [0, 0.1) is 6.92 Å². The van der Waals surface area contributed by atoms with Gasteiger partial charge in [-0.25, -0.2) is 0 Å². The van der Waals surface area contributed by atoms with Gasteiger partial charge >= 0.3 is 0 Å². The number of morpholine rings is 1. The highest BCUT2D eigenvalue weighted by molar-refractivity contribution is 5.96. The van der Waals surface area contributed by atoms with E-state index in [0.717, 1.165) is 57.9 Å². The molecule has 0 aliphatic carbocycles. The molecule has 1 aromatic heterocycles. The number of piperidine rings is 1. The molecule has 1 amide bonds. The van der Waals surface area contributed by atoms with Gasteiger partial charge in [0, 0.05) is 30.6 Å². The van der Waals surface area contributed by atoms with E-state index < -0.39 is 0 Å². The summed E-state index contributed by atoms with van der Waals surface area (Å²) in [6.45, 7) is 14.1. The number of hydrogen-bond donors (Lipinski definition) is 1. The molecule has 2 saturated heterocycles. The first-order valence-corrected chi connectivity index (χ1v) is 9.99. The number of likely N-dealkylation sites (tertiary alicyclic amines) is 1. The Bertz CT molecular complexity index is 651. The normalized spacial score (nSPS) is 22.0. The molecule has 3 rings (SSSR count). The number of aromatic nitrogens is 1. The largest absolute Gasteiger partial charge is 0.379 e. The van der Waals surface area contributed by atoms with Crippen molar-refractivity contribution in [3.63, 3.8) is 0 Å². The molecule has 0 aromatic carbocycles. The second-order valence-corrected chi connectivity index (χ2v) is 9.02. The van der Waals surface area contributed by atoms with E-state index >= 15 is 0 Å². The van der Waals surface area contributed by atoms with Crippen molar-refractivity contribution in [2.75, 3.05) is 53.0 Å². The molecular formula is C20H34N4O3. The summed E-state index contributed by atoms with van der Waals surface area (Å²) in [7, 11) is 2.16. The lowest BCUT2D eigenvalue weighted by molar-refractivity contribution is -0.0439. The highest BCUT2D eigenvalue weighted by atomic mass is 16.5. The molecule has 0 spiro atoms. The van der Waals surface area contributed by atoms with Gasteiger partial charge in [-0.3, -0.25) is 9.69 Å². The lowest BCUT2D eigenvalue weighted by Gasteiger charge is -2.49. The van der Waals surface area contributed by atoms with Gasteiger partial charge in [0.2, 0.25) is 0 Å². The summed E-state index contributed by atoms with van der Waals surface area (Å²) in [5.41, 5.74) is 1.08. The Morgan fingerprint density at radius 3 is 2.41 bits per heavy atom. The van der Waals surface area contributed by atoms with E-state index in [1.807, 2.05) is 27.7 Å². The maximum absolute atomic E-state index is 13.1. The summed E-state index contributed by atoms with van der Waals surface area (Å²) in [6, 6.07) is 0. The zero-order chi connectivity index (χ0) is 19.7. The van der Waals surface area contributed by atoms with Crippen molar-refractivity contribution in [2.45, 2.75) is 51.5 Å². The number of ether oxygens (including phenoxy) is 1. The highest BCUT2D eigenvalue weighted by Gasteiger charge is 2.40. The summed E-state index contributed by atoms with van der Waals surface area (Å²) < 4.78 is 10.9. The van der Waals surface area contributed by atoms with Crippen LogP contribution in [0.1, 0.15) is 55.4 Å². The first-order chi connectivity index (χ1) is 12.7. The third-order valence-corrected chi connectivity index (χ3v) is 5.98. The van der Waals surface area contributed by atoms with Gasteiger partial charge in [-0.05, 0) is 39.9 Å². The second-order valence-electron chi connectivity index (χ2n) is 9.02.